The van der Waals surface area contributed by atoms with Crippen molar-refractivity contribution in [2.24, 2.45) is 9.98 Å². The van der Waals surface area contributed by atoms with Gasteiger partial charge in [0.2, 0.25) is 0 Å². The Labute approximate surface area is 114 Å². The molecule has 4 rings (SSSR count). The van der Waals surface area contributed by atoms with Crippen LogP contribution in [0.4, 0.5) is 0 Å². The number of hydrogen-bond donors (Lipinski definition) is 0. The van der Waals surface area contributed by atoms with Gasteiger partial charge in [-0.1, -0.05) is 0 Å². The molecule has 2 heterocycles. The van der Waals surface area contributed by atoms with Crippen LogP contribution in [-0.2, 0) is 9.47 Å². The maximum Gasteiger partial charge on any atom is 0.193 e. The molecule has 0 aromatic carbocycles. The Morgan fingerprint density at radius 1 is 0.895 bits per heavy atom. The molecule has 0 saturated heterocycles. The van der Waals surface area contributed by atoms with Crippen molar-refractivity contribution in [1.82, 2.24) is 0 Å². The van der Waals surface area contributed by atoms with E-state index in [-0.39, 0.29) is 11.2 Å². The molecule has 104 valence electrons. The van der Waals surface area contributed by atoms with Crippen LogP contribution in [0.3, 0.4) is 0 Å². The van der Waals surface area contributed by atoms with Crippen LogP contribution in [0.2, 0.25) is 0 Å². The van der Waals surface area contributed by atoms with Gasteiger partial charge >= 0.3 is 0 Å². The third-order valence-electron chi connectivity index (χ3n) is 5.54. The highest BCUT2D eigenvalue weighted by molar-refractivity contribution is 5.99. The summed E-state index contributed by atoms with van der Waals surface area (Å²) in [5, 5.41) is 0. The van der Waals surface area contributed by atoms with Gasteiger partial charge in [-0.25, -0.2) is 9.98 Å². The lowest BCUT2D eigenvalue weighted by Gasteiger charge is -2.40. The Morgan fingerprint density at radius 3 is 1.58 bits per heavy atom. The largest absolute Gasteiger partial charge is 0.472 e. The zero-order valence-electron chi connectivity index (χ0n) is 11.8. The molecular formula is C15H22N2O2. The average molecular weight is 262 g/mol. The van der Waals surface area contributed by atoms with E-state index >= 15 is 0 Å². The fourth-order valence-corrected chi connectivity index (χ4v) is 3.74. The molecule has 19 heavy (non-hydrogen) atoms. The SMILES string of the molecule is C[C@@H]1N=C(CC2=N[C@@H](C)C3(CCC3)O2)OC12CCC2. The van der Waals surface area contributed by atoms with Crippen LogP contribution < -0.4 is 0 Å². The minimum absolute atomic E-state index is 0.0221. The first-order valence-corrected chi connectivity index (χ1v) is 7.63. The second-order valence-corrected chi connectivity index (χ2v) is 6.62. The zero-order chi connectivity index (χ0) is 13.1. The van der Waals surface area contributed by atoms with Gasteiger partial charge in [-0.05, 0) is 52.4 Å². The van der Waals surface area contributed by atoms with E-state index < -0.39 is 0 Å². The van der Waals surface area contributed by atoms with Crippen LogP contribution in [0.15, 0.2) is 9.98 Å². The van der Waals surface area contributed by atoms with Crippen molar-refractivity contribution >= 4 is 11.8 Å². The van der Waals surface area contributed by atoms with Gasteiger partial charge in [0.15, 0.2) is 11.8 Å². The highest BCUT2D eigenvalue weighted by Gasteiger charge is 2.51. The topological polar surface area (TPSA) is 43.2 Å². The molecule has 0 unspecified atom stereocenters. The molecule has 4 aliphatic rings. The third kappa shape index (κ3) is 1.58. The highest BCUT2D eigenvalue weighted by Crippen LogP contribution is 2.46. The van der Waals surface area contributed by atoms with E-state index in [9.17, 15) is 0 Å². The number of aliphatic imine (C=N–C) groups is 2. The molecule has 0 radical (unpaired) electrons. The molecule has 2 saturated carbocycles. The van der Waals surface area contributed by atoms with Gasteiger partial charge in [-0.15, -0.1) is 0 Å². The molecule has 2 aliphatic heterocycles. The number of hydrogen-bond acceptors (Lipinski definition) is 4. The first-order chi connectivity index (χ1) is 9.12. The van der Waals surface area contributed by atoms with Crippen LogP contribution >= 0.6 is 0 Å². The second kappa shape index (κ2) is 3.74. The van der Waals surface area contributed by atoms with Gasteiger partial charge < -0.3 is 9.47 Å². The lowest BCUT2D eigenvalue weighted by Crippen LogP contribution is -2.46. The summed E-state index contributed by atoms with van der Waals surface area (Å²) in [4.78, 5) is 9.35. The molecule has 4 heteroatoms. The molecule has 4 nitrogen and oxygen atoms in total. The Balaban J connectivity index is 1.43. The van der Waals surface area contributed by atoms with Crippen molar-refractivity contribution in [1.29, 1.82) is 0 Å². The minimum Gasteiger partial charge on any atom is -0.472 e. The summed E-state index contributed by atoms with van der Waals surface area (Å²) < 4.78 is 12.2. The summed E-state index contributed by atoms with van der Waals surface area (Å²) in [7, 11) is 0. The van der Waals surface area contributed by atoms with E-state index in [0.29, 0.717) is 18.5 Å². The van der Waals surface area contributed by atoms with E-state index in [0.717, 1.165) is 37.5 Å². The van der Waals surface area contributed by atoms with Crippen LogP contribution in [0, 0.1) is 0 Å². The van der Waals surface area contributed by atoms with Gasteiger partial charge in [0.05, 0.1) is 18.5 Å². The lowest BCUT2D eigenvalue weighted by molar-refractivity contribution is -0.0212. The van der Waals surface area contributed by atoms with E-state index in [1.807, 2.05) is 0 Å². The van der Waals surface area contributed by atoms with E-state index in [1.54, 1.807) is 0 Å². The van der Waals surface area contributed by atoms with Crippen molar-refractivity contribution in [3.8, 4) is 0 Å². The summed E-state index contributed by atoms with van der Waals surface area (Å²) in [6.45, 7) is 4.33. The standard InChI is InChI=1S/C15H22N2O2/c1-10-14(5-3-6-14)18-12(16-10)9-13-17-11(2)15(19-13)7-4-8-15/h10-11H,3-9H2,1-2H3/t10-,11-/m0/s1. The van der Waals surface area contributed by atoms with Crippen LogP contribution in [0.1, 0.15) is 58.8 Å². The molecular weight excluding hydrogens is 240 g/mol. The van der Waals surface area contributed by atoms with Gasteiger partial charge in [-0.3, -0.25) is 0 Å². The van der Waals surface area contributed by atoms with Crippen LogP contribution in [0.25, 0.3) is 0 Å². The van der Waals surface area contributed by atoms with Gasteiger partial charge in [0.1, 0.15) is 11.2 Å². The van der Waals surface area contributed by atoms with Crippen molar-refractivity contribution in [2.75, 3.05) is 0 Å². The fourth-order valence-electron chi connectivity index (χ4n) is 3.74. The Morgan fingerprint density at radius 2 is 1.32 bits per heavy atom. The van der Waals surface area contributed by atoms with Crippen LogP contribution in [0.5, 0.6) is 0 Å². The van der Waals surface area contributed by atoms with Crippen molar-refractivity contribution in [3.63, 3.8) is 0 Å². The first kappa shape index (κ1) is 11.7. The Bertz CT molecular complexity index is 419. The Hall–Kier alpha value is -1.06. The Kier molecular flexibility index (Phi) is 2.31. The molecule has 2 fully saturated rings. The molecule has 0 bridgehead atoms. The summed E-state index contributed by atoms with van der Waals surface area (Å²) in [6.07, 6.45) is 7.78. The zero-order valence-corrected chi connectivity index (χ0v) is 11.8. The van der Waals surface area contributed by atoms with Crippen molar-refractivity contribution in [2.45, 2.75) is 82.1 Å². The predicted octanol–water partition coefficient (Wildman–Crippen LogP) is 2.86. The molecule has 2 spiro atoms. The summed E-state index contributed by atoms with van der Waals surface area (Å²) in [6, 6.07) is 0.599. The molecule has 0 aromatic heterocycles. The van der Waals surface area contributed by atoms with E-state index in [4.69, 9.17) is 9.47 Å². The number of rotatable bonds is 2. The van der Waals surface area contributed by atoms with Crippen LogP contribution in [-0.4, -0.2) is 35.1 Å². The maximum atomic E-state index is 6.10. The normalized spacial score (nSPS) is 37.2. The molecule has 0 amide bonds. The number of ether oxygens (including phenoxy) is 2. The summed E-state index contributed by atoms with van der Waals surface area (Å²) in [5.74, 6) is 1.68. The third-order valence-corrected chi connectivity index (χ3v) is 5.54. The number of nitrogens with zero attached hydrogens (tertiary/aromatic N) is 2. The summed E-state index contributed by atoms with van der Waals surface area (Å²) in [5.41, 5.74) is 0.0442. The molecule has 0 aromatic rings. The first-order valence-electron chi connectivity index (χ1n) is 7.63. The monoisotopic (exact) mass is 262 g/mol. The molecule has 2 aliphatic carbocycles. The van der Waals surface area contributed by atoms with E-state index in [2.05, 4.69) is 23.8 Å². The maximum absolute atomic E-state index is 6.10. The second-order valence-electron chi connectivity index (χ2n) is 6.62. The van der Waals surface area contributed by atoms with Gasteiger partial charge in [-0.2, -0.15) is 0 Å². The smallest absolute Gasteiger partial charge is 0.193 e. The van der Waals surface area contributed by atoms with Crippen molar-refractivity contribution in [3.05, 3.63) is 0 Å². The quantitative estimate of drug-likeness (QED) is 0.768. The van der Waals surface area contributed by atoms with Gasteiger partial charge in [0, 0.05) is 0 Å². The molecule has 0 N–H and O–H groups in total. The highest BCUT2D eigenvalue weighted by atomic mass is 16.5. The van der Waals surface area contributed by atoms with Crippen molar-refractivity contribution < 1.29 is 9.47 Å². The molecule has 2 atom stereocenters. The fraction of sp³-hybridized carbons (Fsp3) is 0.867. The van der Waals surface area contributed by atoms with Gasteiger partial charge in [0.25, 0.3) is 0 Å². The van der Waals surface area contributed by atoms with E-state index in [1.165, 1.54) is 12.8 Å². The lowest BCUT2D eigenvalue weighted by atomic mass is 9.76. The predicted molar refractivity (Wildman–Crippen MR) is 73.7 cm³/mol. The minimum atomic E-state index is 0.0221. The average Bonchev–Trinajstić information content (AvgIpc) is 2.75. The summed E-state index contributed by atoms with van der Waals surface area (Å²) >= 11 is 0.